The number of hydrogen-bond acceptors (Lipinski definition) is 2. The number of hydrogen-bond donors (Lipinski definition) is 0. The zero-order valence-electron chi connectivity index (χ0n) is 9.62. The van der Waals surface area contributed by atoms with Crippen molar-refractivity contribution in [3.05, 3.63) is 35.4 Å². The van der Waals surface area contributed by atoms with Crippen molar-refractivity contribution in [2.45, 2.75) is 33.6 Å². The van der Waals surface area contributed by atoms with Gasteiger partial charge in [0, 0.05) is 18.4 Å². The van der Waals surface area contributed by atoms with Crippen molar-refractivity contribution >= 4 is 12.1 Å². The van der Waals surface area contributed by atoms with E-state index in [1.165, 1.54) is 0 Å². The van der Waals surface area contributed by atoms with Crippen LogP contribution in [0.25, 0.3) is 0 Å². The Labute approximate surface area is 91.3 Å². The topological polar surface area (TPSA) is 34.1 Å². The van der Waals surface area contributed by atoms with E-state index in [1.807, 2.05) is 32.9 Å². The molecule has 82 valence electrons. The molecule has 0 fully saturated rings. The smallest absolute Gasteiger partial charge is 0.162 e. The zero-order valence-corrected chi connectivity index (χ0v) is 9.62. The van der Waals surface area contributed by atoms with Crippen molar-refractivity contribution in [3.8, 4) is 0 Å². The quantitative estimate of drug-likeness (QED) is 0.560. The molecule has 0 aliphatic heterocycles. The number of Topliss-reactive ketones (excluding diaryl/α,β-unsaturated/α-hetero) is 1. The molecule has 0 radical (unpaired) electrons. The Morgan fingerprint density at radius 1 is 1.20 bits per heavy atom. The molecular formula is C13H18O2. The van der Waals surface area contributed by atoms with Crippen LogP contribution in [0, 0.1) is 0 Å². The summed E-state index contributed by atoms with van der Waals surface area (Å²) < 4.78 is 0. The summed E-state index contributed by atoms with van der Waals surface area (Å²) in [5.41, 5.74) is 1.67. The molecule has 0 aliphatic carbocycles. The molecule has 0 heterocycles. The van der Waals surface area contributed by atoms with Crippen LogP contribution in [-0.2, 0) is 11.2 Å². The van der Waals surface area contributed by atoms with E-state index in [0.717, 1.165) is 17.4 Å². The molecule has 0 atom stereocenters. The fraction of sp³-hybridized carbons (Fsp3) is 0.385. The molecule has 2 heteroatoms. The fourth-order valence-corrected chi connectivity index (χ4v) is 1.13. The number of rotatable bonds is 4. The molecule has 0 aliphatic rings. The summed E-state index contributed by atoms with van der Waals surface area (Å²) in [7, 11) is 0. The van der Waals surface area contributed by atoms with Crippen LogP contribution in [0.5, 0.6) is 0 Å². The largest absolute Gasteiger partial charge is 0.303 e. The van der Waals surface area contributed by atoms with Crippen LogP contribution in [0.3, 0.4) is 0 Å². The molecule has 0 spiro atoms. The molecule has 1 aromatic carbocycles. The Kier molecular flexibility index (Phi) is 7.16. The van der Waals surface area contributed by atoms with Crippen LogP contribution < -0.4 is 0 Å². The van der Waals surface area contributed by atoms with Gasteiger partial charge in [-0.15, -0.1) is 0 Å². The van der Waals surface area contributed by atoms with E-state index in [4.69, 9.17) is 0 Å². The maximum absolute atomic E-state index is 11.2. The monoisotopic (exact) mass is 206 g/mol. The summed E-state index contributed by atoms with van der Waals surface area (Å²) in [5, 5.41) is 0. The highest BCUT2D eigenvalue weighted by molar-refractivity contribution is 5.95. The van der Waals surface area contributed by atoms with Crippen molar-refractivity contribution in [1.29, 1.82) is 0 Å². The van der Waals surface area contributed by atoms with Gasteiger partial charge in [-0.25, -0.2) is 0 Å². The second-order valence-electron chi connectivity index (χ2n) is 2.84. The summed E-state index contributed by atoms with van der Waals surface area (Å²) in [5.74, 6) is 0.137. The molecule has 0 aromatic heterocycles. The second-order valence-corrected chi connectivity index (χ2v) is 2.84. The lowest BCUT2D eigenvalue weighted by molar-refractivity contribution is -0.107. The van der Waals surface area contributed by atoms with Crippen LogP contribution >= 0.6 is 0 Å². The normalized spacial score (nSPS) is 8.73. The third kappa shape index (κ3) is 4.54. The van der Waals surface area contributed by atoms with Gasteiger partial charge in [-0.2, -0.15) is 0 Å². The molecular weight excluding hydrogens is 188 g/mol. The highest BCUT2D eigenvalue weighted by atomic mass is 16.1. The highest BCUT2D eigenvalue weighted by Crippen LogP contribution is 2.06. The highest BCUT2D eigenvalue weighted by Gasteiger charge is 2.01. The maximum Gasteiger partial charge on any atom is 0.162 e. The first-order valence-corrected chi connectivity index (χ1v) is 5.33. The van der Waals surface area contributed by atoms with E-state index < -0.39 is 0 Å². The van der Waals surface area contributed by atoms with E-state index in [9.17, 15) is 9.59 Å². The van der Waals surface area contributed by atoms with Gasteiger partial charge in [0.2, 0.25) is 0 Å². The zero-order chi connectivity index (χ0) is 11.7. The lowest BCUT2D eigenvalue weighted by Gasteiger charge is -1.98. The van der Waals surface area contributed by atoms with Gasteiger partial charge in [-0.05, 0) is 5.56 Å². The van der Waals surface area contributed by atoms with E-state index in [2.05, 4.69) is 0 Å². The van der Waals surface area contributed by atoms with Gasteiger partial charge in [0.05, 0.1) is 0 Å². The standard InChI is InChI=1S/C11H12O2.C2H6/c1-2-11(13)10-5-3-9(4-6-10)7-8-12;1-2/h3-6,8H,2,7H2,1H3;1-2H3. The number of benzene rings is 1. The number of ketones is 1. The Bertz CT molecular complexity index is 299. The van der Waals surface area contributed by atoms with Crippen molar-refractivity contribution in [3.63, 3.8) is 0 Å². The molecule has 0 unspecified atom stereocenters. The molecule has 0 saturated heterocycles. The van der Waals surface area contributed by atoms with Crippen LogP contribution in [0.15, 0.2) is 24.3 Å². The van der Waals surface area contributed by atoms with Gasteiger partial charge in [0.15, 0.2) is 5.78 Å². The van der Waals surface area contributed by atoms with Crippen LogP contribution in [0.4, 0.5) is 0 Å². The number of carbonyl (C=O) groups is 2. The summed E-state index contributed by atoms with van der Waals surface area (Å²) in [4.78, 5) is 21.4. The van der Waals surface area contributed by atoms with E-state index in [0.29, 0.717) is 12.8 Å². The van der Waals surface area contributed by atoms with Crippen LogP contribution in [0.2, 0.25) is 0 Å². The van der Waals surface area contributed by atoms with Gasteiger partial charge in [0.1, 0.15) is 6.29 Å². The molecule has 0 N–H and O–H groups in total. The SMILES string of the molecule is CC.CCC(=O)c1ccc(CC=O)cc1. The van der Waals surface area contributed by atoms with Crippen molar-refractivity contribution in [2.24, 2.45) is 0 Å². The Morgan fingerprint density at radius 2 is 1.73 bits per heavy atom. The number of carbonyl (C=O) groups excluding carboxylic acids is 2. The minimum absolute atomic E-state index is 0.137. The minimum Gasteiger partial charge on any atom is -0.303 e. The van der Waals surface area contributed by atoms with Crippen molar-refractivity contribution in [1.82, 2.24) is 0 Å². The second kappa shape index (κ2) is 7.92. The Balaban J connectivity index is 0.000000921. The van der Waals surface area contributed by atoms with Gasteiger partial charge in [-0.1, -0.05) is 45.0 Å². The molecule has 0 bridgehead atoms. The van der Waals surface area contributed by atoms with E-state index >= 15 is 0 Å². The van der Waals surface area contributed by atoms with Crippen molar-refractivity contribution < 1.29 is 9.59 Å². The van der Waals surface area contributed by atoms with Gasteiger partial charge >= 0.3 is 0 Å². The van der Waals surface area contributed by atoms with Gasteiger partial charge in [-0.3, -0.25) is 4.79 Å². The predicted octanol–water partition coefficient (Wildman–Crippen LogP) is 3.05. The maximum atomic E-state index is 11.2. The predicted molar refractivity (Wildman–Crippen MR) is 62.2 cm³/mol. The lowest BCUT2D eigenvalue weighted by Crippen LogP contribution is -1.96. The average molecular weight is 206 g/mol. The third-order valence-electron chi connectivity index (χ3n) is 1.92. The average Bonchev–Trinajstić information content (AvgIpc) is 2.32. The van der Waals surface area contributed by atoms with Crippen LogP contribution in [0.1, 0.15) is 43.1 Å². The lowest BCUT2D eigenvalue weighted by atomic mass is 10.1. The molecule has 1 rings (SSSR count). The summed E-state index contributed by atoms with van der Waals surface area (Å²) >= 11 is 0. The summed E-state index contributed by atoms with van der Waals surface area (Å²) in [6, 6.07) is 7.17. The first kappa shape index (κ1) is 13.6. The molecule has 1 aromatic rings. The van der Waals surface area contributed by atoms with Gasteiger partial charge in [0.25, 0.3) is 0 Å². The molecule has 2 nitrogen and oxygen atoms in total. The van der Waals surface area contributed by atoms with Gasteiger partial charge < -0.3 is 4.79 Å². The number of aldehydes is 1. The first-order valence-electron chi connectivity index (χ1n) is 5.33. The van der Waals surface area contributed by atoms with Crippen molar-refractivity contribution in [2.75, 3.05) is 0 Å². The Morgan fingerprint density at radius 3 is 2.13 bits per heavy atom. The molecule has 0 amide bonds. The summed E-state index contributed by atoms with van der Waals surface area (Å²) in [6.45, 7) is 5.83. The molecule has 15 heavy (non-hydrogen) atoms. The van der Waals surface area contributed by atoms with E-state index in [-0.39, 0.29) is 5.78 Å². The fourth-order valence-electron chi connectivity index (χ4n) is 1.13. The summed E-state index contributed by atoms with van der Waals surface area (Å²) in [6.07, 6.45) is 1.80. The van der Waals surface area contributed by atoms with E-state index in [1.54, 1.807) is 12.1 Å². The first-order chi connectivity index (χ1) is 7.27. The minimum atomic E-state index is 0.137. The van der Waals surface area contributed by atoms with Crippen LogP contribution in [-0.4, -0.2) is 12.1 Å². The molecule has 0 saturated carbocycles. The Hall–Kier alpha value is -1.44. The third-order valence-corrected chi connectivity index (χ3v) is 1.92.